The molecule has 10 heteroatoms. The number of aryl methyl sites for hydroxylation is 2. The Morgan fingerprint density at radius 2 is 1.90 bits per heavy atom. The quantitative estimate of drug-likeness (QED) is 0.590. The summed E-state index contributed by atoms with van der Waals surface area (Å²) < 4.78 is 54.2. The predicted octanol–water partition coefficient (Wildman–Crippen LogP) is 4.49. The van der Waals surface area contributed by atoms with Gasteiger partial charge in [0.25, 0.3) is 5.56 Å². The number of ether oxygens (including phenoxy) is 1. The van der Waals surface area contributed by atoms with Crippen molar-refractivity contribution >= 4 is 10.6 Å². The molecule has 7 nitrogen and oxygen atoms in total. The van der Waals surface area contributed by atoms with Crippen LogP contribution in [-0.4, -0.2) is 29.4 Å². The molecule has 30 heavy (non-hydrogen) atoms. The lowest BCUT2D eigenvalue weighted by atomic mass is 10.1. The second kappa shape index (κ2) is 8.50. The third-order valence-electron chi connectivity index (χ3n) is 4.35. The van der Waals surface area contributed by atoms with Gasteiger partial charge < -0.3 is 9.30 Å². The van der Waals surface area contributed by atoms with E-state index >= 15 is 0 Å². The summed E-state index contributed by atoms with van der Waals surface area (Å²) >= 11 is 0. The first-order valence-electron chi connectivity index (χ1n) is 9.00. The minimum atomic E-state index is -2.92. The van der Waals surface area contributed by atoms with Gasteiger partial charge in [0, 0.05) is 36.2 Å². The Bertz CT molecular complexity index is 1130. The minimum Gasteiger partial charge on any atom is -0.421 e. The molecule has 0 atom stereocenters. The zero-order valence-corrected chi connectivity index (χ0v) is 17.4. The van der Waals surface area contributed by atoms with Crippen molar-refractivity contribution in [2.75, 3.05) is 5.75 Å². The fraction of sp³-hybridized carbons (Fsp3) is 0.250. The molecule has 0 fully saturated rings. The van der Waals surface area contributed by atoms with E-state index in [9.17, 15) is 22.7 Å². The number of nitrogens with zero attached hydrogens (tertiary/aromatic N) is 3. The number of benzene rings is 1. The molecule has 0 spiro atoms. The molecule has 0 unspecified atom stereocenters. The highest BCUT2D eigenvalue weighted by atomic mass is 32.3. The van der Waals surface area contributed by atoms with Crippen molar-refractivity contribution in [3.63, 3.8) is 0 Å². The van der Waals surface area contributed by atoms with E-state index in [1.54, 1.807) is 39.2 Å². The van der Waals surface area contributed by atoms with E-state index < -0.39 is 22.2 Å². The number of hydrogen-bond acceptors (Lipinski definition) is 6. The Morgan fingerprint density at radius 3 is 2.53 bits per heavy atom. The molecule has 3 aromatic rings. The fourth-order valence-electron chi connectivity index (χ4n) is 2.75. The van der Waals surface area contributed by atoms with Crippen LogP contribution in [0.25, 0.3) is 11.3 Å². The topological polar surface area (TPSA) is 97.5 Å². The summed E-state index contributed by atoms with van der Waals surface area (Å²) in [4.78, 5) is 20.4. The van der Waals surface area contributed by atoms with E-state index in [2.05, 4.69) is 9.97 Å². The van der Waals surface area contributed by atoms with Crippen molar-refractivity contribution in [3.8, 4) is 23.0 Å². The highest BCUT2D eigenvalue weighted by molar-refractivity contribution is 8.23. The monoisotopic (exact) mass is 437 g/mol. The third-order valence-corrected chi connectivity index (χ3v) is 6.04. The molecule has 0 aliphatic heterocycles. The zero-order chi connectivity index (χ0) is 22.1. The number of halogens is 2. The van der Waals surface area contributed by atoms with E-state index in [0.29, 0.717) is 22.9 Å². The zero-order valence-electron chi connectivity index (χ0n) is 16.6. The maximum Gasteiger partial charge on any atom is 0.322 e. The lowest BCUT2D eigenvalue weighted by molar-refractivity contribution is 0.407. The van der Waals surface area contributed by atoms with Crippen molar-refractivity contribution in [2.24, 2.45) is 7.05 Å². The highest BCUT2D eigenvalue weighted by Gasteiger charge is 2.17. The second-order valence-corrected chi connectivity index (χ2v) is 9.24. The van der Waals surface area contributed by atoms with Crippen molar-refractivity contribution < 1.29 is 22.6 Å². The van der Waals surface area contributed by atoms with E-state index in [1.165, 1.54) is 4.57 Å². The van der Waals surface area contributed by atoms with Crippen molar-refractivity contribution in [1.82, 2.24) is 14.5 Å². The molecule has 1 aromatic carbocycles. The molecular weight excluding hydrogens is 416 g/mol. The van der Waals surface area contributed by atoms with E-state index in [1.807, 2.05) is 0 Å². The Balaban J connectivity index is 2.10. The first-order chi connectivity index (χ1) is 14.1. The molecule has 2 aromatic heterocycles. The molecule has 0 radical (unpaired) electrons. The Morgan fingerprint density at radius 1 is 1.17 bits per heavy atom. The summed E-state index contributed by atoms with van der Waals surface area (Å²) in [5, 5.41) is 0. The molecule has 2 heterocycles. The molecular formula is C20H21F2N3O4S. The molecule has 0 aliphatic rings. The molecule has 2 N–H and O–H groups in total. The number of aromatic nitrogens is 3. The summed E-state index contributed by atoms with van der Waals surface area (Å²) in [7, 11) is -1.33. The van der Waals surface area contributed by atoms with Crippen LogP contribution < -0.4 is 10.3 Å². The number of pyridine rings is 1. The molecule has 0 saturated carbocycles. The van der Waals surface area contributed by atoms with Crippen LogP contribution in [-0.2, 0) is 12.8 Å². The first-order valence-corrected chi connectivity index (χ1v) is 10.9. The van der Waals surface area contributed by atoms with Crippen molar-refractivity contribution in [1.29, 1.82) is 0 Å². The largest absolute Gasteiger partial charge is 0.421 e. The van der Waals surface area contributed by atoms with Crippen LogP contribution in [0.4, 0.5) is 8.78 Å². The lowest BCUT2D eigenvalue weighted by Gasteiger charge is -2.30. The predicted molar refractivity (Wildman–Crippen MR) is 111 cm³/mol. The molecule has 160 valence electrons. The van der Waals surface area contributed by atoms with Crippen LogP contribution in [0.15, 0.2) is 41.3 Å². The van der Waals surface area contributed by atoms with Gasteiger partial charge in [-0.2, -0.15) is 20.6 Å². The van der Waals surface area contributed by atoms with Gasteiger partial charge in [0.1, 0.15) is 5.82 Å². The van der Waals surface area contributed by atoms with E-state index in [4.69, 9.17) is 4.74 Å². The smallest absolute Gasteiger partial charge is 0.322 e. The summed E-state index contributed by atoms with van der Waals surface area (Å²) in [5.74, 6) is -1.98. The van der Waals surface area contributed by atoms with Gasteiger partial charge in [-0.1, -0.05) is 0 Å². The summed E-state index contributed by atoms with van der Waals surface area (Å²) in [5.41, 5.74) is 1.50. The van der Waals surface area contributed by atoms with Crippen LogP contribution in [0.5, 0.6) is 11.8 Å². The maximum absolute atomic E-state index is 14.0. The van der Waals surface area contributed by atoms with Crippen LogP contribution in [0.3, 0.4) is 0 Å². The van der Waals surface area contributed by atoms with Gasteiger partial charge in [-0.15, -0.1) is 0 Å². The molecule has 0 bridgehead atoms. The third kappa shape index (κ3) is 5.02. The summed E-state index contributed by atoms with van der Waals surface area (Å²) in [6.45, 7) is 3.30. The van der Waals surface area contributed by atoms with E-state index in [0.717, 1.165) is 12.1 Å². The van der Waals surface area contributed by atoms with Crippen LogP contribution in [0, 0.1) is 18.6 Å². The SMILES string of the molecule is CCS(O)(O)Cc1cc(-c2cc(C)c(=O)n(C)c2)nc(Oc2ccc(F)cc2F)n1. The van der Waals surface area contributed by atoms with Gasteiger partial charge in [0.2, 0.25) is 0 Å². The molecule has 3 rings (SSSR count). The number of rotatable bonds is 6. The fourth-order valence-corrected chi connectivity index (χ4v) is 3.58. The Kier molecular flexibility index (Phi) is 6.20. The lowest BCUT2D eigenvalue weighted by Crippen LogP contribution is -2.18. The summed E-state index contributed by atoms with van der Waals surface area (Å²) in [6.07, 6.45) is 1.57. The number of hydrogen-bond donors (Lipinski definition) is 2. The van der Waals surface area contributed by atoms with Gasteiger partial charge >= 0.3 is 6.01 Å². The highest BCUT2D eigenvalue weighted by Crippen LogP contribution is 2.42. The van der Waals surface area contributed by atoms with Crippen LogP contribution in [0.2, 0.25) is 0 Å². The molecule has 0 amide bonds. The van der Waals surface area contributed by atoms with Gasteiger partial charge in [0.15, 0.2) is 11.6 Å². The minimum absolute atomic E-state index is 0.133. The Labute approximate surface area is 173 Å². The average Bonchev–Trinajstić information content (AvgIpc) is 2.67. The maximum atomic E-state index is 14.0. The standard InChI is InChI=1S/C20H21F2N3O4S/c1-4-30(27,28)11-15-9-17(13-7-12(2)19(26)25(3)10-13)24-20(23-15)29-18-6-5-14(21)8-16(18)22/h5-10,27-28H,4,11H2,1-3H3. The van der Waals surface area contributed by atoms with Crippen molar-refractivity contribution in [2.45, 2.75) is 19.6 Å². The molecule has 0 aliphatic carbocycles. The average molecular weight is 437 g/mol. The molecule has 0 saturated heterocycles. The Hall–Kier alpha value is -2.82. The van der Waals surface area contributed by atoms with Crippen molar-refractivity contribution in [3.05, 3.63) is 69.8 Å². The van der Waals surface area contributed by atoms with E-state index in [-0.39, 0.29) is 34.5 Å². The van der Waals surface area contributed by atoms with Gasteiger partial charge in [-0.05, 0) is 38.1 Å². The van der Waals surface area contributed by atoms with Gasteiger partial charge in [-0.25, -0.2) is 8.78 Å². The second-order valence-electron chi connectivity index (χ2n) is 6.77. The van der Waals surface area contributed by atoms with Gasteiger partial charge in [-0.3, -0.25) is 13.9 Å². The normalized spacial score (nSPS) is 12.1. The summed E-state index contributed by atoms with van der Waals surface area (Å²) in [6, 6.07) is 5.75. The van der Waals surface area contributed by atoms with Crippen LogP contribution in [0.1, 0.15) is 18.2 Å². The van der Waals surface area contributed by atoms with Crippen LogP contribution >= 0.6 is 10.6 Å². The first kappa shape index (κ1) is 21.9. The van der Waals surface area contributed by atoms with Gasteiger partial charge in [0.05, 0.1) is 17.1 Å².